The fraction of sp³-hybridized carbons (Fsp3) is 0.105. The third kappa shape index (κ3) is 3.48. The maximum absolute atomic E-state index is 12.4. The quantitative estimate of drug-likeness (QED) is 0.745. The van der Waals surface area contributed by atoms with Crippen LogP contribution in [0.5, 0.6) is 0 Å². The molecule has 1 atom stereocenters. The van der Waals surface area contributed by atoms with Gasteiger partial charge in [-0.2, -0.15) is 0 Å². The number of hydrogen-bond acceptors (Lipinski definition) is 4. The highest BCUT2D eigenvalue weighted by molar-refractivity contribution is 8.01. The van der Waals surface area contributed by atoms with E-state index in [9.17, 15) is 9.59 Å². The van der Waals surface area contributed by atoms with Gasteiger partial charge in [0.1, 0.15) is 0 Å². The van der Waals surface area contributed by atoms with E-state index in [0.717, 1.165) is 16.3 Å². The molecule has 0 radical (unpaired) electrons. The minimum Gasteiger partial charge on any atom is -0.326 e. The fourth-order valence-corrected chi connectivity index (χ4v) is 3.87. The van der Waals surface area contributed by atoms with Gasteiger partial charge < -0.3 is 15.2 Å². The van der Waals surface area contributed by atoms with Crippen LogP contribution in [-0.2, 0) is 9.59 Å². The van der Waals surface area contributed by atoms with Gasteiger partial charge in [-0.05, 0) is 30.3 Å². The van der Waals surface area contributed by atoms with Gasteiger partial charge in [0.25, 0.3) is 0 Å². The molecule has 0 saturated heterocycles. The number of aromatic nitrogens is 2. The topological polar surface area (TPSA) is 76.0 Å². The number of imidazole rings is 1. The van der Waals surface area contributed by atoms with Crippen molar-refractivity contribution in [3.8, 4) is 5.69 Å². The molecule has 1 aliphatic heterocycles. The number of nitrogens with zero attached hydrogens (tertiary/aromatic N) is 2. The van der Waals surface area contributed by atoms with E-state index >= 15 is 0 Å². The molecule has 2 aromatic carbocycles. The molecular weight excluding hydrogens is 348 g/mol. The molecule has 6 nitrogen and oxygen atoms in total. The highest BCUT2D eigenvalue weighted by Gasteiger charge is 2.28. The first-order valence-electron chi connectivity index (χ1n) is 8.14. The fourth-order valence-electron chi connectivity index (χ4n) is 2.76. The molecule has 3 aromatic rings. The van der Waals surface area contributed by atoms with Gasteiger partial charge in [0.15, 0.2) is 0 Å². The Morgan fingerprint density at radius 2 is 2.12 bits per heavy atom. The van der Waals surface area contributed by atoms with Crippen LogP contribution < -0.4 is 10.6 Å². The molecule has 0 bridgehead atoms. The maximum atomic E-state index is 12.4. The number of anilines is 2. The van der Waals surface area contributed by atoms with Crippen LogP contribution in [-0.4, -0.2) is 26.6 Å². The second kappa shape index (κ2) is 7.05. The smallest absolute Gasteiger partial charge is 0.238 e. The monoisotopic (exact) mass is 364 g/mol. The van der Waals surface area contributed by atoms with Gasteiger partial charge >= 0.3 is 0 Å². The Bertz CT molecular complexity index is 956. The molecule has 2 N–H and O–H groups in total. The lowest BCUT2D eigenvalue weighted by atomic mass is 10.2. The summed E-state index contributed by atoms with van der Waals surface area (Å²) in [5, 5.41) is 5.28. The van der Waals surface area contributed by atoms with Crippen LogP contribution in [0.15, 0.2) is 72.1 Å². The zero-order valence-corrected chi connectivity index (χ0v) is 14.6. The first kappa shape index (κ1) is 16.4. The molecule has 0 saturated carbocycles. The molecule has 0 aliphatic carbocycles. The molecule has 0 spiro atoms. The summed E-state index contributed by atoms with van der Waals surface area (Å²) in [6.45, 7) is 0. The second-order valence-corrected chi connectivity index (χ2v) is 7.11. The van der Waals surface area contributed by atoms with E-state index in [-0.39, 0.29) is 18.2 Å². The highest BCUT2D eigenvalue weighted by atomic mass is 32.2. The van der Waals surface area contributed by atoms with Gasteiger partial charge in [0, 0.05) is 35.1 Å². The SMILES string of the molecule is O=C(C[C@H]1Sc2ccccc2NC1=O)Nc1cccc(-n2ccnc2)c1. The number of para-hydroxylation sites is 1. The minimum absolute atomic E-state index is 0.111. The molecule has 2 heterocycles. The Labute approximate surface area is 154 Å². The van der Waals surface area contributed by atoms with Crippen LogP contribution in [0.3, 0.4) is 0 Å². The maximum Gasteiger partial charge on any atom is 0.238 e. The normalized spacial score (nSPS) is 15.8. The summed E-state index contributed by atoms with van der Waals surface area (Å²) in [6.07, 6.45) is 5.34. The van der Waals surface area contributed by atoms with Crippen LogP contribution in [0, 0.1) is 0 Å². The number of carbonyl (C=O) groups excluding carboxylic acids is 2. The summed E-state index contributed by atoms with van der Waals surface area (Å²) in [5.41, 5.74) is 2.38. The third-order valence-electron chi connectivity index (χ3n) is 4.01. The zero-order valence-electron chi connectivity index (χ0n) is 13.8. The lowest BCUT2D eigenvalue weighted by Crippen LogP contribution is -2.32. The standard InChI is InChI=1S/C19H16N4O2S/c24-18(11-17-19(25)22-15-6-1-2-7-16(15)26-17)21-13-4-3-5-14(10-13)23-9-8-20-12-23/h1-10,12,17H,11H2,(H,21,24)(H,22,25)/t17-/m1/s1. The van der Waals surface area contributed by atoms with Crippen LogP contribution in [0.25, 0.3) is 5.69 Å². The second-order valence-electron chi connectivity index (χ2n) is 5.86. The molecule has 0 fully saturated rings. The first-order chi connectivity index (χ1) is 12.7. The molecule has 7 heteroatoms. The summed E-state index contributed by atoms with van der Waals surface area (Å²) in [4.78, 5) is 29.6. The van der Waals surface area contributed by atoms with E-state index in [4.69, 9.17) is 0 Å². The van der Waals surface area contributed by atoms with Gasteiger partial charge in [-0.25, -0.2) is 4.98 Å². The van der Waals surface area contributed by atoms with Crippen LogP contribution in [0.1, 0.15) is 6.42 Å². The molecule has 4 rings (SSSR count). The summed E-state index contributed by atoms with van der Waals surface area (Å²) in [6, 6.07) is 15.1. The van der Waals surface area contributed by atoms with Crippen LogP contribution in [0.4, 0.5) is 11.4 Å². The molecule has 130 valence electrons. The number of benzene rings is 2. The lowest BCUT2D eigenvalue weighted by Gasteiger charge is -2.23. The Morgan fingerprint density at radius 1 is 1.23 bits per heavy atom. The van der Waals surface area contributed by atoms with Crippen molar-refractivity contribution in [3.63, 3.8) is 0 Å². The van der Waals surface area contributed by atoms with Crippen molar-refractivity contribution in [2.24, 2.45) is 0 Å². The summed E-state index contributed by atoms with van der Waals surface area (Å²) in [7, 11) is 0. The van der Waals surface area contributed by atoms with Gasteiger partial charge in [0.2, 0.25) is 11.8 Å². The average Bonchev–Trinajstić information content (AvgIpc) is 3.17. The zero-order chi connectivity index (χ0) is 17.9. The Morgan fingerprint density at radius 3 is 2.96 bits per heavy atom. The summed E-state index contributed by atoms with van der Waals surface area (Å²) in [5.74, 6) is -0.337. The van der Waals surface area contributed by atoms with E-state index in [2.05, 4.69) is 15.6 Å². The van der Waals surface area contributed by atoms with Gasteiger partial charge in [-0.15, -0.1) is 11.8 Å². The Kier molecular flexibility index (Phi) is 4.45. The molecule has 1 aliphatic rings. The molecule has 0 unspecified atom stereocenters. The number of rotatable bonds is 4. The number of nitrogens with one attached hydrogen (secondary N) is 2. The average molecular weight is 364 g/mol. The number of fused-ring (bicyclic) bond motifs is 1. The molecule has 2 amide bonds. The number of hydrogen-bond donors (Lipinski definition) is 2. The van der Waals surface area contributed by atoms with Crippen molar-refractivity contribution in [1.29, 1.82) is 0 Å². The lowest BCUT2D eigenvalue weighted by molar-refractivity contribution is -0.120. The molecule has 1 aromatic heterocycles. The van der Waals surface area contributed by atoms with Crippen molar-refractivity contribution < 1.29 is 9.59 Å². The van der Waals surface area contributed by atoms with E-state index in [1.807, 2.05) is 59.3 Å². The van der Waals surface area contributed by atoms with E-state index < -0.39 is 5.25 Å². The number of thioether (sulfide) groups is 1. The summed E-state index contributed by atoms with van der Waals surface area (Å²) < 4.78 is 1.86. The van der Waals surface area contributed by atoms with Crippen molar-refractivity contribution in [2.75, 3.05) is 10.6 Å². The van der Waals surface area contributed by atoms with Crippen molar-refractivity contribution >= 4 is 35.0 Å². The molecule has 26 heavy (non-hydrogen) atoms. The van der Waals surface area contributed by atoms with Crippen molar-refractivity contribution in [3.05, 3.63) is 67.3 Å². The predicted molar refractivity (Wildman–Crippen MR) is 102 cm³/mol. The predicted octanol–water partition coefficient (Wildman–Crippen LogP) is 3.31. The van der Waals surface area contributed by atoms with Gasteiger partial charge in [-0.3, -0.25) is 9.59 Å². The van der Waals surface area contributed by atoms with Gasteiger partial charge in [0.05, 0.1) is 17.3 Å². The van der Waals surface area contributed by atoms with Crippen LogP contribution in [0.2, 0.25) is 0 Å². The minimum atomic E-state index is -0.443. The highest BCUT2D eigenvalue weighted by Crippen LogP contribution is 2.36. The largest absolute Gasteiger partial charge is 0.326 e. The van der Waals surface area contributed by atoms with E-state index in [1.165, 1.54) is 11.8 Å². The van der Waals surface area contributed by atoms with Crippen molar-refractivity contribution in [1.82, 2.24) is 9.55 Å². The number of carbonyl (C=O) groups is 2. The Hall–Kier alpha value is -3.06. The number of amides is 2. The van der Waals surface area contributed by atoms with Gasteiger partial charge in [-0.1, -0.05) is 18.2 Å². The van der Waals surface area contributed by atoms with Crippen molar-refractivity contribution in [2.45, 2.75) is 16.6 Å². The van der Waals surface area contributed by atoms with E-state index in [0.29, 0.717) is 5.69 Å². The molecular formula is C19H16N4O2S. The van der Waals surface area contributed by atoms with E-state index in [1.54, 1.807) is 12.5 Å². The first-order valence-corrected chi connectivity index (χ1v) is 9.02. The summed E-state index contributed by atoms with van der Waals surface area (Å²) >= 11 is 1.42. The van der Waals surface area contributed by atoms with Crippen LogP contribution >= 0.6 is 11.8 Å². The Balaban J connectivity index is 1.43. The third-order valence-corrected chi connectivity index (χ3v) is 5.29.